The number of benzene rings is 1. The molecular weight excluding hydrogens is 318 g/mol. The van der Waals surface area contributed by atoms with E-state index in [1.54, 1.807) is 0 Å². The van der Waals surface area contributed by atoms with Gasteiger partial charge in [-0.2, -0.15) is 4.98 Å². The summed E-state index contributed by atoms with van der Waals surface area (Å²) >= 11 is 0. The van der Waals surface area contributed by atoms with E-state index in [1.807, 2.05) is 56.0 Å². The molecule has 0 saturated carbocycles. The van der Waals surface area contributed by atoms with Gasteiger partial charge >= 0.3 is 0 Å². The summed E-state index contributed by atoms with van der Waals surface area (Å²) in [7, 11) is 0. The van der Waals surface area contributed by atoms with E-state index in [0.717, 1.165) is 5.56 Å². The molecule has 6 nitrogen and oxygen atoms in total. The third kappa shape index (κ3) is 4.89. The summed E-state index contributed by atoms with van der Waals surface area (Å²) in [4.78, 5) is 18.7. The van der Waals surface area contributed by atoms with Crippen molar-refractivity contribution in [3.8, 4) is 0 Å². The van der Waals surface area contributed by atoms with Gasteiger partial charge in [-0.1, -0.05) is 35.5 Å². The molecule has 0 bridgehead atoms. The molecule has 1 atom stereocenters. The number of hydrogen-bond acceptors (Lipinski definition) is 5. The zero-order valence-corrected chi connectivity index (χ0v) is 15.1. The summed E-state index contributed by atoms with van der Waals surface area (Å²) < 4.78 is 11.1. The number of carbonyl (C=O) groups is 1. The second-order valence-electron chi connectivity index (χ2n) is 7.23. The third-order valence-electron chi connectivity index (χ3n) is 4.19. The molecule has 0 radical (unpaired) electrons. The SMILES string of the molecule is CC1CN(C(=O)CCc2nc(Cc3ccccc3)no2)CC(C)(C)O1. The molecule has 3 rings (SSSR count). The number of nitrogens with zero attached hydrogens (tertiary/aromatic N) is 3. The van der Waals surface area contributed by atoms with Crippen molar-refractivity contribution in [2.45, 2.75) is 51.7 Å². The van der Waals surface area contributed by atoms with Crippen LogP contribution in [0.4, 0.5) is 0 Å². The first kappa shape index (κ1) is 17.6. The van der Waals surface area contributed by atoms with E-state index in [0.29, 0.717) is 44.1 Å². The van der Waals surface area contributed by atoms with Crippen molar-refractivity contribution in [1.82, 2.24) is 15.0 Å². The molecular formula is C19H25N3O3. The Labute approximate surface area is 148 Å². The third-order valence-corrected chi connectivity index (χ3v) is 4.19. The van der Waals surface area contributed by atoms with Crippen molar-refractivity contribution in [1.29, 1.82) is 0 Å². The molecule has 0 aliphatic carbocycles. The van der Waals surface area contributed by atoms with E-state index in [2.05, 4.69) is 10.1 Å². The molecule has 1 saturated heterocycles. The number of rotatable bonds is 5. The van der Waals surface area contributed by atoms with Gasteiger partial charge in [0, 0.05) is 32.4 Å². The smallest absolute Gasteiger partial charge is 0.227 e. The first-order chi connectivity index (χ1) is 11.9. The average molecular weight is 343 g/mol. The predicted molar refractivity (Wildman–Crippen MR) is 93.1 cm³/mol. The van der Waals surface area contributed by atoms with Crippen LogP contribution in [-0.4, -0.2) is 45.7 Å². The Bertz CT molecular complexity index is 712. The molecule has 1 unspecified atom stereocenters. The van der Waals surface area contributed by atoms with Crippen molar-refractivity contribution < 1.29 is 14.1 Å². The molecule has 6 heteroatoms. The quantitative estimate of drug-likeness (QED) is 0.835. The van der Waals surface area contributed by atoms with Crippen LogP contribution in [0, 0.1) is 0 Å². The van der Waals surface area contributed by atoms with Crippen LogP contribution < -0.4 is 0 Å². The highest BCUT2D eigenvalue weighted by molar-refractivity contribution is 5.76. The van der Waals surface area contributed by atoms with Crippen LogP contribution in [0.5, 0.6) is 0 Å². The first-order valence-corrected chi connectivity index (χ1v) is 8.72. The lowest BCUT2D eigenvalue weighted by Crippen LogP contribution is -2.53. The van der Waals surface area contributed by atoms with Gasteiger partial charge in [0.05, 0.1) is 11.7 Å². The second-order valence-corrected chi connectivity index (χ2v) is 7.23. The number of carbonyl (C=O) groups excluding carboxylic acids is 1. The van der Waals surface area contributed by atoms with Crippen molar-refractivity contribution in [3.63, 3.8) is 0 Å². The Balaban J connectivity index is 1.52. The first-order valence-electron chi connectivity index (χ1n) is 8.72. The van der Waals surface area contributed by atoms with Crippen LogP contribution in [-0.2, 0) is 22.4 Å². The summed E-state index contributed by atoms with van der Waals surface area (Å²) in [5.41, 5.74) is 0.830. The molecule has 2 aromatic rings. The highest BCUT2D eigenvalue weighted by Crippen LogP contribution is 2.21. The van der Waals surface area contributed by atoms with Crippen molar-refractivity contribution in [3.05, 3.63) is 47.6 Å². The Kier molecular flexibility index (Phi) is 5.18. The molecule has 1 fully saturated rings. The van der Waals surface area contributed by atoms with Gasteiger partial charge in [0.2, 0.25) is 11.8 Å². The maximum absolute atomic E-state index is 12.5. The van der Waals surface area contributed by atoms with Crippen LogP contribution in [0.25, 0.3) is 0 Å². The number of morpholine rings is 1. The Morgan fingerprint density at radius 3 is 2.80 bits per heavy atom. The Hall–Kier alpha value is -2.21. The fourth-order valence-electron chi connectivity index (χ4n) is 3.26. The van der Waals surface area contributed by atoms with Crippen LogP contribution >= 0.6 is 0 Å². The van der Waals surface area contributed by atoms with E-state index in [1.165, 1.54) is 0 Å². The van der Waals surface area contributed by atoms with Gasteiger partial charge in [0.1, 0.15) is 0 Å². The summed E-state index contributed by atoms with van der Waals surface area (Å²) in [6.45, 7) is 7.26. The van der Waals surface area contributed by atoms with Gasteiger partial charge in [-0.3, -0.25) is 4.79 Å². The van der Waals surface area contributed by atoms with Crippen molar-refractivity contribution in [2.75, 3.05) is 13.1 Å². The van der Waals surface area contributed by atoms with E-state index in [4.69, 9.17) is 9.26 Å². The van der Waals surface area contributed by atoms with Crippen molar-refractivity contribution >= 4 is 5.91 Å². The van der Waals surface area contributed by atoms with E-state index >= 15 is 0 Å². The van der Waals surface area contributed by atoms with Gasteiger partial charge in [-0.05, 0) is 26.3 Å². The molecule has 2 heterocycles. The van der Waals surface area contributed by atoms with Gasteiger partial charge in [-0.15, -0.1) is 0 Å². The van der Waals surface area contributed by atoms with E-state index in [-0.39, 0.29) is 17.6 Å². The maximum Gasteiger partial charge on any atom is 0.227 e. The Morgan fingerprint density at radius 1 is 1.32 bits per heavy atom. The number of ether oxygens (including phenoxy) is 1. The van der Waals surface area contributed by atoms with Gasteiger partial charge < -0.3 is 14.2 Å². The average Bonchev–Trinajstić information content (AvgIpc) is 2.99. The fraction of sp³-hybridized carbons (Fsp3) is 0.526. The zero-order chi connectivity index (χ0) is 17.9. The van der Waals surface area contributed by atoms with E-state index in [9.17, 15) is 4.79 Å². The lowest BCUT2D eigenvalue weighted by Gasteiger charge is -2.41. The van der Waals surface area contributed by atoms with Gasteiger partial charge in [0.15, 0.2) is 5.82 Å². The number of amides is 1. The van der Waals surface area contributed by atoms with Crippen LogP contribution in [0.15, 0.2) is 34.9 Å². The van der Waals surface area contributed by atoms with Crippen molar-refractivity contribution in [2.24, 2.45) is 0 Å². The molecule has 0 N–H and O–H groups in total. The maximum atomic E-state index is 12.5. The zero-order valence-electron chi connectivity index (χ0n) is 15.1. The normalized spacial score (nSPS) is 19.8. The standard InChI is InChI=1S/C19H25N3O3/c1-14-12-22(13-19(2,3)24-14)18(23)10-9-17-20-16(21-25-17)11-15-7-5-4-6-8-15/h4-8,14H,9-13H2,1-3H3. The van der Waals surface area contributed by atoms with E-state index < -0.39 is 0 Å². The lowest BCUT2D eigenvalue weighted by atomic mass is 10.0. The van der Waals surface area contributed by atoms with Gasteiger partial charge in [0.25, 0.3) is 0 Å². The van der Waals surface area contributed by atoms with Crippen LogP contribution in [0.3, 0.4) is 0 Å². The summed E-state index contributed by atoms with van der Waals surface area (Å²) in [6, 6.07) is 10.0. The summed E-state index contributed by atoms with van der Waals surface area (Å²) in [5.74, 6) is 1.26. The summed E-state index contributed by atoms with van der Waals surface area (Å²) in [6.07, 6.45) is 1.52. The highest BCUT2D eigenvalue weighted by atomic mass is 16.5. The monoisotopic (exact) mass is 343 g/mol. The number of hydrogen-bond donors (Lipinski definition) is 0. The lowest BCUT2D eigenvalue weighted by molar-refractivity contribution is -0.158. The number of aryl methyl sites for hydroxylation is 1. The van der Waals surface area contributed by atoms with Crippen LogP contribution in [0.1, 0.15) is 44.5 Å². The number of aromatic nitrogens is 2. The van der Waals surface area contributed by atoms with Crippen LogP contribution in [0.2, 0.25) is 0 Å². The molecule has 134 valence electrons. The molecule has 1 aliphatic rings. The predicted octanol–water partition coefficient (Wildman–Crippen LogP) is 2.62. The minimum Gasteiger partial charge on any atom is -0.369 e. The largest absolute Gasteiger partial charge is 0.369 e. The molecule has 1 amide bonds. The summed E-state index contributed by atoms with van der Waals surface area (Å²) in [5, 5.41) is 4.01. The minimum atomic E-state index is -0.305. The molecule has 0 spiro atoms. The minimum absolute atomic E-state index is 0.0496. The molecule has 1 aromatic heterocycles. The topological polar surface area (TPSA) is 68.5 Å². The molecule has 1 aromatic carbocycles. The fourth-order valence-corrected chi connectivity index (χ4v) is 3.26. The Morgan fingerprint density at radius 2 is 2.08 bits per heavy atom. The molecule has 1 aliphatic heterocycles. The highest BCUT2D eigenvalue weighted by Gasteiger charge is 2.33. The molecule has 25 heavy (non-hydrogen) atoms. The second kappa shape index (κ2) is 7.35. The van der Waals surface area contributed by atoms with Gasteiger partial charge in [-0.25, -0.2) is 0 Å².